The lowest BCUT2D eigenvalue weighted by Crippen LogP contribution is -2.26. The van der Waals surface area contributed by atoms with Gasteiger partial charge in [-0.2, -0.15) is 5.10 Å². The van der Waals surface area contributed by atoms with E-state index < -0.39 is 0 Å². The Hall–Kier alpha value is -3.22. The number of carbonyl (C=O) groups is 1. The van der Waals surface area contributed by atoms with E-state index in [0.29, 0.717) is 30.7 Å². The monoisotopic (exact) mass is 351 g/mol. The molecule has 0 bridgehead atoms. The minimum atomic E-state index is -0.155. The second kappa shape index (κ2) is 7.77. The number of aryl methyl sites for hydroxylation is 1. The number of nitrogens with one attached hydrogen (secondary N) is 1. The van der Waals surface area contributed by atoms with Crippen molar-refractivity contribution in [2.45, 2.75) is 26.9 Å². The van der Waals surface area contributed by atoms with Crippen LogP contribution in [0.15, 0.2) is 53.7 Å². The Kier molecular flexibility index (Phi) is 5.26. The molecular formula is C19H21N5O2. The normalized spacial score (nSPS) is 11.3. The maximum absolute atomic E-state index is 12.7. The summed E-state index contributed by atoms with van der Waals surface area (Å²) in [4.78, 5) is 28.5. The first-order valence-electron chi connectivity index (χ1n) is 8.45. The molecule has 134 valence electrons. The van der Waals surface area contributed by atoms with Crippen LogP contribution >= 0.6 is 0 Å². The van der Waals surface area contributed by atoms with Gasteiger partial charge in [0.05, 0.1) is 19.3 Å². The van der Waals surface area contributed by atoms with Gasteiger partial charge in [-0.1, -0.05) is 35.9 Å². The Morgan fingerprint density at radius 2 is 2.04 bits per heavy atom. The number of benzene rings is 1. The lowest BCUT2D eigenvalue weighted by molar-refractivity contribution is -0.116. The summed E-state index contributed by atoms with van der Waals surface area (Å²) in [5, 5.41) is 7.45. The molecule has 7 nitrogen and oxygen atoms in total. The first-order chi connectivity index (χ1) is 12.6. The van der Waals surface area contributed by atoms with Gasteiger partial charge < -0.3 is 5.32 Å². The molecule has 26 heavy (non-hydrogen) atoms. The molecule has 0 saturated heterocycles. The third-order valence-electron chi connectivity index (χ3n) is 4.04. The standard InChI is InChI=1S/C19H21N5O2/c1-3-4-17(25)20-9-10-24-18-16(11-22-24)19(26)23(13-21-18)12-15-7-5-14(2)6-8-15/h3-8,11,13H,9-10,12H2,1-2H3,(H,20,25)/b4-3-. The van der Waals surface area contributed by atoms with Crippen LogP contribution in [0.25, 0.3) is 11.0 Å². The summed E-state index contributed by atoms with van der Waals surface area (Å²) < 4.78 is 3.20. The fourth-order valence-corrected chi connectivity index (χ4v) is 2.66. The van der Waals surface area contributed by atoms with E-state index >= 15 is 0 Å². The third-order valence-corrected chi connectivity index (χ3v) is 4.04. The van der Waals surface area contributed by atoms with E-state index in [0.717, 1.165) is 5.56 Å². The highest BCUT2D eigenvalue weighted by molar-refractivity contribution is 5.87. The van der Waals surface area contributed by atoms with E-state index in [-0.39, 0.29) is 11.5 Å². The molecule has 1 N–H and O–H groups in total. The fourth-order valence-electron chi connectivity index (χ4n) is 2.66. The van der Waals surface area contributed by atoms with E-state index in [1.54, 1.807) is 28.6 Å². The molecule has 1 aromatic carbocycles. The van der Waals surface area contributed by atoms with Crippen LogP contribution in [-0.4, -0.2) is 31.8 Å². The van der Waals surface area contributed by atoms with Crippen LogP contribution in [0.1, 0.15) is 18.1 Å². The van der Waals surface area contributed by atoms with Crippen molar-refractivity contribution >= 4 is 16.9 Å². The molecule has 3 rings (SSSR count). The van der Waals surface area contributed by atoms with Crippen molar-refractivity contribution in [3.05, 3.63) is 70.4 Å². The minimum absolute atomic E-state index is 0.125. The number of amides is 1. The summed E-state index contributed by atoms with van der Waals surface area (Å²) in [5.74, 6) is -0.155. The SMILES string of the molecule is C/C=C\C(=O)NCCn1ncc2c(=O)n(Cc3ccc(C)cc3)cnc21. The molecule has 0 unspecified atom stereocenters. The lowest BCUT2D eigenvalue weighted by atomic mass is 10.1. The molecule has 2 aromatic heterocycles. The Labute approximate surface area is 151 Å². The zero-order valence-corrected chi connectivity index (χ0v) is 14.8. The second-order valence-corrected chi connectivity index (χ2v) is 6.06. The van der Waals surface area contributed by atoms with E-state index in [1.165, 1.54) is 17.8 Å². The van der Waals surface area contributed by atoms with Crippen molar-refractivity contribution in [2.75, 3.05) is 6.54 Å². The van der Waals surface area contributed by atoms with E-state index in [4.69, 9.17) is 0 Å². The van der Waals surface area contributed by atoms with Crippen LogP contribution in [-0.2, 0) is 17.9 Å². The van der Waals surface area contributed by atoms with Crippen LogP contribution in [0, 0.1) is 6.92 Å². The molecule has 0 atom stereocenters. The number of allylic oxidation sites excluding steroid dienone is 1. The topological polar surface area (TPSA) is 81.8 Å². The predicted octanol–water partition coefficient (Wildman–Crippen LogP) is 1.64. The van der Waals surface area contributed by atoms with Gasteiger partial charge in [0.25, 0.3) is 5.56 Å². The fraction of sp³-hybridized carbons (Fsp3) is 0.263. The summed E-state index contributed by atoms with van der Waals surface area (Å²) in [7, 11) is 0. The molecule has 3 aromatic rings. The first kappa shape index (κ1) is 17.6. The van der Waals surface area contributed by atoms with Gasteiger partial charge in [0, 0.05) is 6.54 Å². The number of hydrogen-bond acceptors (Lipinski definition) is 4. The maximum Gasteiger partial charge on any atom is 0.264 e. The molecule has 1 amide bonds. The molecule has 0 saturated carbocycles. The van der Waals surface area contributed by atoms with E-state index in [1.807, 2.05) is 31.2 Å². The van der Waals surface area contributed by atoms with Gasteiger partial charge in [0.2, 0.25) is 5.91 Å². The Morgan fingerprint density at radius 3 is 2.77 bits per heavy atom. The van der Waals surface area contributed by atoms with Gasteiger partial charge in [-0.25, -0.2) is 9.67 Å². The molecule has 0 aliphatic rings. The maximum atomic E-state index is 12.7. The van der Waals surface area contributed by atoms with Gasteiger partial charge in [-0.3, -0.25) is 14.2 Å². The third kappa shape index (κ3) is 3.88. The minimum Gasteiger partial charge on any atom is -0.351 e. The first-order valence-corrected chi connectivity index (χ1v) is 8.45. The Morgan fingerprint density at radius 1 is 1.27 bits per heavy atom. The largest absolute Gasteiger partial charge is 0.351 e. The van der Waals surface area contributed by atoms with Crippen LogP contribution in [0.5, 0.6) is 0 Å². The number of carbonyl (C=O) groups excluding carboxylic acids is 1. The van der Waals surface area contributed by atoms with Gasteiger partial charge in [0.15, 0.2) is 5.65 Å². The highest BCUT2D eigenvalue weighted by Gasteiger charge is 2.10. The van der Waals surface area contributed by atoms with Crippen molar-refractivity contribution in [3.63, 3.8) is 0 Å². The second-order valence-electron chi connectivity index (χ2n) is 6.06. The summed E-state index contributed by atoms with van der Waals surface area (Å²) >= 11 is 0. The summed E-state index contributed by atoms with van der Waals surface area (Å²) in [5.41, 5.74) is 2.62. The molecule has 7 heteroatoms. The molecule has 0 spiro atoms. The zero-order valence-electron chi connectivity index (χ0n) is 14.8. The van der Waals surface area contributed by atoms with Crippen molar-refractivity contribution in [3.8, 4) is 0 Å². The number of rotatable bonds is 6. The van der Waals surface area contributed by atoms with Gasteiger partial charge >= 0.3 is 0 Å². The van der Waals surface area contributed by atoms with Gasteiger partial charge in [-0.15, -0.1) is 0 Å². The lowest BCUT2D eigenvalue weighted by Gasteiger charge is -2.07. The van der Waals surface area contributed by atoms with E-state index in [9.17, 15) is 9.59 Å². The van der Waals surface area contributed by atoms with Crippen molar-refractivity contribution in [1.82, 2.24) is 24.6 Å². The molecule has 0 radical (unpaired) electrons. The van der Waals surface area contributed by atoms with Crippen LogP contribution in [0.3, 0.4) is 0 Å². The molecule has 0 aliphatic heterocycles. The average molecular weight is 351 g/mol. The zero-order chi connectivity index (χ0) is 18.5. The number of aromatic nitrogens is 4. The number of hydrogen-bond donors (Lipinski definition) is 1. The van der Waals surface area contributed by atoms with Gasteiger partial charge in [0.1, 0.15) is 11.7 Å². The molecular weight excluding hydrogens is 330 g/mol. The summed E-state index contributed by atoms with van der Waals surface area (Å²) in [6.07, 6.45) is 6.21. The molecule has 0 aliphatic carbocycles. The smallest absolute Gasteiger partial charge is 0.264 e. The van der Waals surface area contributed by atoms with Crippen LogP contribution in [0.4, 0.5) is 0 Å². The number of nitrogens with zero attached hydrogens (tertiary/aromatic N) is 4. The van der Waals surface area contributed by atoms with Crippen LogP contribution < -0.4 is 10.9 Å². The predicted molar refractivity (Wildman–Crippen MR) is 99.9 cm³/mol. The van der Waals surface area contributed by atoms with E-state index in [2.05, 4.69) is 15.4 Å². The van der Waals surface area contributed by atoms with Crippen molar-refractivity contribution in [1.29, 1.82) is 0 Å². The Balaban J connectivity index is 1.77. The quantitative estimate of drug-likeness (QED) is 0.685. The summed E-state index contributed by atoms with van der Waals surface area (Å²) in [6, 6.07) is 8.05. The van der Waals surface area contributed by atoms with Crippen molar-refractivity contribution < 1.29 is 4.79 Å². The number of fused-ring (bicyclic) bond motifs is 1. The summed E-state index contributed by atoms with van der Waals surface area (Å²) in [6.45, 7) is 5.13. The van der Waals surface area contributed by atoms with Gasteiger partial charge in [-0.05, 0) is 25.5 Å². The highest BCUT2D eigenvalue weighted by Crippen LogP contribution is 2.08. The van der Waals surface area contributed by atoms with Crippen LogP contribution in [0.2, 0.25) is 0 Å². The molecule has 0 fully saturated rings. The highest BCUT2D eigenvalue weighted by atomic mass is 16.1. The van der Waals surface area contributed by atoms with Crippen molar-refractivity contribution in [2.24, 2.45) is 0 Å². The average Bonchev–Trinajstić information content (AvgIpc) is 3.03. The molecule has 2 heterocycles. The Bertz CT molecular complexity index is 999.